The van der Waals surface area contributed by atoms with E-state index in [0.717, 1.165) is 12.3 Å². The monoisotopic (exact) mass is 301 g/mol. The molecule has 9 heteroatoms. The largest absolute Gasteiger partial charge is 0.480 e. The molecule has 0 aliphatic heterocycles. The number of amides is 1. The second-order valence-electron chi connectivity index (χ2n) is 4.29. The Hall–Kier alpha value is -2.22. The molecule has 0 aliphatic carbocycles. The molecule has 0 saturated heterocycles. The number of carbonyl (C=O) groups excluding carboxylic acids is 1. The van der Waals surface area contributed by atoms with Gasteiger partial charge in [-0.05, 0) is 12.0 Å². The molecule has 8 nitrogen and oxygen atoms in total. The number of hydrogen-bond acceptors (Lipinski definition) is 5. The van der Waals surface area contributed by atoms with Crippen molar-refractivity contribution in [1.29, 1.82) is 0 Å². The predicted octanol–water partition coefficient (Wildman–Crippen LogP) is 1.48. The molecule has 1 amide bonds. The number of rotatable bonds is 5. The van der Waals surface area contributed by atoms with Gasteiger partial charge in [0.25, 0.3) is 5.91 Å². The van der Waals surface area contributed by atoms with Crippen molar-refractivity contribution in [3.05, 3.63) is 33.1 Å². The maximum atomic E-state index is 12.0. The number of nitrogens with one attached hydrogen (secondary N) is 1. The van der Waals surface area contributed by atoms with E-state index in [-0.39, 0.29) is 11.5 Å². The molecule has 20 heavy (non-hydrogen) atoms. The Morgan fingerprint density at radius 1 is 1.50 bits per heavy atom. The van der Waals surface area contributed by atoms with E-state index in [9.17, 15) is 19.7 Å². The predicted molar refractivity (Wildman–Crippen MR) is 69.6 cm³/mol. The number of carbonyl (C=O) groups is 2. The van der Waals surface area contributed by atoms with Crippen LogP contribution in [-0.4, -0.2) is 32.9 Å². The molecule has 1 atom stereocenters. The highest BCUT2D eigenvalue weighted by Gasteiger charge is 2.29. The van der Waals surface area contributed by atoms with Crippen LogP contribution in [-0.2, 0) is 4.79 Å². The molecule has 1 heterocycles. The van der Waals surface area contributed by atoms with E-state index in [2.05, 4.69) is 10.3 Å². The zero-order valence-corrected chi connectivity index (χ0v) is 11.4. The number of hydrogen-bond donors (Lipinski definition) is 2. The van der Waals surface area contributed by atoms with Crippen molar-refractivity contribution < 1.29 is 19.6 Å². The van der Waals surface area contributed by atoms with Gasteiger partial charge in [0.15, 0.2) is 0 Å². The fraction of sp³-hybridized carbons (Fsp3) is 0.364. The third-order valence-electron chi connectivity index (χ3n) is 2.53. The van der Waals surface area contributed by atoms with Crippen LogP contribution in [0.25, 0.3) is 0 Å². The van der Waals surface area contributed by atoms with Gasteiger partial charge < -0.3 is 10.4 Å². The van der Waals surface area contributed by atoms with Gasteiger partial charge in [-0.25, -0.2) is 9.78 Å². The number of carboxylic acids is 1. The number of carboxylic acid groups (broad SMARTS) is 1. The summed E-state index contributed by atoms with van der Waals surface area (Å²) in [6.07, 6.45) is 1.13. The summed E-state index contributed by atoms with van der Waals surface area (Å²) in [4.78, 5) is 36.6. The summed E-state index contributed by atoms with van der Waals surface area (Å²) in [7, 11) is 0. The number of nitrogens with zero attached hydrogens (tertiary/aromatic N) is 2. The van der Waals surface area contributed by atoms with Crippen LogP contribution in [0.15, 0.2) is 12.3 Å². The topological polar surface area (TPSA) is 122 Å². The van der Waals surface area contributed by atoms with Gasteiger partial charge in [-0.3, -0.25) is 14.9 Å². The number of aromatic nitrogens is 1. The Bertz CT molecular complexity index is 561. The van der Waals surface area contributed by atoms with E-state index in [1.54, 1.807) is 13.8 Å². The molecular weight excluding hydrogens is 290 g/mol. The molecule has 108 valence electrons. The fourth-order valence-corrected chi connectivity index (χ4v) is 1.75. The first-order valence-corrected chi connectivity index (χ1v) is 5.96. The molecule has 0 bridgehead atoms. The molecule has 1 aromatic heterocycles. The lowest BCUT2D eigenvalue weighted by Gasteiger charge is -2.17. The summed E-state index contributed by atoms with van der Waals surface area (Å²) < 4.78 is 0. The molecule has 1 rings (SSSR count). The van der Waals surface area contributed by atoms with Crippen LogP contribution < -0.4 is 5.32 Å². The third kappa shape index (κ3) is 3.41. The molecule has 0 aliphatic rings. The van der Waals surface area contributed by atoms with Crippen LogP contribution >= 0.6 is 11.6 Å². The van der Waals surface area contributed by atoms with Gasteiger partial charge in [0, 0.05) is 6.20 Å². The van der Waals surface area contributed by atoms with Gasteiger partial charge in [0.05, 0.1) is 4.92 Å². The lowest BCUT2D eigenvalue weighted by molar-refractivity contribution is -0.385. The number of halogens is 1. The van der Waals surface area contributed by atoms with E-state index in [4.69, 9.17) is 16.7 Å². The highest BCUT2D eigenvalue weighted by atomic mass is 35.5. The lowest BCUT2D eigenvalue weighted by Crippen LogP contribution is -2.44. The van der Waals surface area contributed by atoms with Crippen molar-refractivity contribution in [2.45, 2.75) is 19.9 Å². The van der Waals surface area contributed by atoms with E-state index < -0.39 is 33.7 Å². The van der Waals surface area contributed by atoms with Crippen molar-refractivity contribution in [3.8, 4) is 0 Å². The van der Waals surface area contributed by atoms with Crippen LogP contribution in [0.1, 0.15) is 24.2 Å². The molecule has 0 radical (unpaired) electrons. The zero-order valence-electron chi connectivity index (χ0n) is 10.7. The minimum absolute atomic E-state index is 0.332. The number of aliphatic carboxylic acids is 1. The van der Waals surface area contributed by atoms with Gasteiger partial charge in [-0.2, -0.15) is 0 Å². The van der Waals surface area contributed by atoms with Gasteiger partial charge >= 0.3 is 11.7 Å². The van der Waals surface area contributed by atoms with Crippen LogP contribution in [0.4, 0.5) is 5.69 Å². The summed E-state index contributed by atoms with van der Waals surface area (Å²) >= 11 is 5.58. The zero-order chi connectivity index (χ0) is 15.4. The van der Waals surface area contributed by atoms with Crippen molar-refractivity contribution >= 4 is 29.2 Å². The standard InChI is InChI=1S/C11H12ClN3O5/c1-5(2)7(11(17)18)14-10(16)6-3-4-13-9(12)8(6)15(19)20/h3-5,7H,1-2H3,(H,14,16)(H,17,18)/t7-/m1/s1. The molecule has 1 aromatic rings. The van der Waals surface area contributed by atoms with Crippen LogP contribution in [0.2, 0.25) is 5.15 Å². The Balaban J connectivity index is 3.13. The molecule has 2 N–H and O–H groups in total. The van der Waals surface area contributed by atoms with Crippen molar-refractivity contribution in [2.24, 2.45) is 5.92 Å². The molecule has 0 saturated carbocycles. The molecular formula is C11H12ClN3O5. The average molecular weight is 302 g/mol. The Morgan fingerprint density at radius 3 is 2.55 bits per heavy atom. The second-order valence-corrected chi connectivity index (χ2v) is 4.65. The van der Waals surface area contributed by atoms with Crippen molar-refractivity contribution in [3.63, 3.8) is 0 Å². The minimum Gasteiger partial charge on any atom is -0.480 e. The summed E-state index contributed by atoms with van der Waals surface area (Å²) in [5, 5.41) is 21.7. The quantitative estimate of drug-likeness (QED) is 0.482. The third-order valence-corrected chi connectivity index (χ3v) is 2.80. The summed E-state index contributed by atoms with van der Waals surface area (Å²) in [5.74, 6) is -2.49. The first-order valence-electron chi connectivity index (χ1n) is 5.58. The number of pyridine rings is 1. The van der Waals surface area contributed by atoms with E-state index in [1.165, 1.54) is 0 Å². The van der Waals surface area contributed by atoms with E-state index >= 15 is 0 Å². The molecule has 0 unspecified atom stereocenters. The Kier molecular flexibility index (Phi) is 4.98. The molecule has 0 spiro atoms. The Morgan fingerprint density at radius 2 is 2.10 bits per heavy atom. The van der Waals surface area contributed by atoms with Gasteiger partial charge in [0.2, 0.25) is 5.15 Å². The maximum Gasteiger partial charge on any atom is 0.326 e. The average Bonchev–Trinajstić information content (AvgIpc) is 2.33. The van der Waals surface area contributed by atoms with E-state index in [0.29, 0.717) is 0 Å². The summed E-state index contributed by atoms with van der Waals surface area (Å²) in [6, 6.07) is -0.0486. The summed E-state index contributed by atoms with van der Waals surface area (Å²) in [5.41, 5.74) is -0.985. The highest BCUT2D eigenvalue weighted by Crippen LogP contribution is 2.26. The highest BCUT2D eigenvalue weighted by molar-refractivity contribution is 6.32. The minimum atomic E-state index is -1.23. The van der Waals surface area contributed by atoms with Gasteiger partial charge in [-0.15, -0.1) is 0 Å². The van der Waals surface area contributed by atoms with Crippen LogP contribution in [0.3, 0.4) is 0 Å². The van der Waals surface area contributed by atoms with Crippen LogP contribution in [0, 0.1) is 16.0 Å². The molecule has 0 fully saturated rings. The first-order chi connectivity index (χ1) is 9.25. The van der Waals surface area contributed by atoms with Crippen molar-refractivity contribution in [1.82, 2.24) is 10.3 Å². The van der Waals surface area contributed by atoms with Gasteiger partial charge in [0.1, 0.15) is 11.6 Å². The smallest absolute Gasteiger partial charge is 0.326 e. The second kappa shape index (κ2) is 6.29. The van der Waals surface area contributed by atoms with Crippen LogP contribution in [0.5, 0.6) is 0 Å². The number of nitro groups is 1. The maximum absolute atomic E-state index is 12.0. The van der Waals surface area contributed by atoms with Crippen molar-refractivity contribution in [2.75, 3.05) is 0 Å². The lowest BCUT2D eigenvalue weighted by atomic mass is 10.0. The van der Waals surface area contributed by atoms with E-state index in [1.807, 2.05) is 0 Å². The Labute approximate surface area is 118 Å². The fourth-order valence-electron chi connectivity index (χ4n) is 1.52. The first kappa shape index (κ1) is 15.8. The van der Waals surface area contributed by atoms with Gasteiger partial charge in [-0.1, -0.05) is 25.4 Å². The molecule has 0 aromatic carbocycles. The normalized spacial score (nSPS) is 12.0. The summed E-state index contributed by atoms with van der Waals surface area (Å²) in [6.45, 7) is 3.21. The SMILES string of the molecule is CC(C)[C@@H](NC(=O)c1ccnc(Cl)c1[N+](=O)[O-])C(=O)O.